The molecule has 0 radical (unpaired) electrons. The number of aromatic nitrogens is 3. The van der Waals surface area contributed by atoms with Crippen molar-refractivity contribution in [2.75, 3.05) is 80.4 Å². The van der Waals surface area contributed by atoms with E-state index in [1.165, 1.54) is 6.08 Å². The molecule has 4 aliphatic heterocycles. The van der Waals surface area contributed by atoms with Gasteiger partial charge < -0.3 is 40.0 Å². The zero-order valence-corrected chi connectivity index (χ0v) is 38.2. The summed E-state index contributed by atoms with van der Waals surface area (Å²) in [6.07, 6.45) is 9.47. The van der Waals surface area contributed by atoms with Crippen molar-refractivity contribution in [1.29, 1.82) is 0 Å². The van der Waals surface area contributed by atoms with Crippen molar-refractivity contribution in [1.82, 2.24) is 35.0 Å². The van der Waals surface area contributed by atoms with Crippen LogP contribution in [0.3, 0.4) is 0 Å². The molecule has 17 nitrogen and oxygen atoms in total. The van der Waals surface area contributed by atoms with Gasteiger partial charge >= 0.3 is 0 Å². The monoisotopic (exact) mass is 907 g/mol. The maximum Gasteiger partial charge on any atom is 0.262 e. The van der Waals surface area contributed by atoms with Gasteiger partial charge in [0.2, 0.25) is 23.7 Å². The van der Waals surface area contributed by atoms with Gasteiger partial charge in [0.15, 0.2) is 0 Å². The first-order valence-electron chi connectivity index (χ1n) is 23.0. The van der Waals surface area contributed by atoms with E-state index in [2.05, 4.69) is 70.4 Å². The molecule has 5 aromatic rings. The van der Waals surface area contributed by atoms with Crippen LogP contribution in [0.15, 0.2) is 85.7 Å². The number of likely N-dealkylation sites (N-methyl/N-ethyl adjacent to an activating group) is 1. The highest BCUT2D eigenvalue weighted by atomic mass is 16.5. The van der Waals surface area contributed by atoms with Crippen LogP contribution in [-0.4, -0.2) is 126 Å². The highest BCUT2D eigenvalue weighted by molar-refractivity contribution is 6.23. The standard InChI is InChI=1S/C50H57N11O6/c1-5-45(62)53-39-26-40(55-50-51-19-16-38(54-50)37-30-58(3)41-11-7-6-10-34(37)41)44(67-4)27-43(39)57(2)23-24-59-21-17-31(18-22-59)28-52-32-9-8-20-60(29-32)33-12-13-35-36(25-33)49(66)61(48(35)65)42-14-15-46(63)56-47(42)64/h5-7,10-13,16,19,25-27,30-32,42,52H,1,8-9,14-15,17-18,20-24,28-29H2,2-4H3,(H,53,62)(H,51,54,55)(H,56,63,64)/t32-,42?/m1/s1. The van der Waals surface area contributed by atoms with Crippen LogP contribution in [0.2, 0.25) is 0 Å². The van der Waals surface area contributed by atoms with Gasteiger partial charge in [0.25, 0.3) is 11.8 Å². The van der Waals surface area contributed by atoms with Crippen molar-refractivity contribution in [2.45, 2.75) is 50.6 Å². The largest absolute Gasteiger partial charge is 0.494 e. The van der Waals surface area contributed by atoms with Gasteiger partial charge in [-0.3, -0.25) is 34.2 Å². The molecule has 2 aromatic heterocycles. The number of likely N-dealkylation sites (tertiary alicyclic amines) is 1. The Bertz CT molecular complexity index is 2750. The van der Waals surface area contributed by atoms with E-state index in [0.717, 1.165) is 110 Å². The molecule has 0 spiro atoms. The second-order valence-electron chi connectivity index (χ2n) is 17.9. The van der Waals surface area contributed by atoms with Crippen molar-refractivity contribution >= 4 is 69.1 Å². The predicted molar refractivity (Wildman–Crippen MR) is 258 cm³/mol. The minimum atomic E-state index is -0.984. The highest BCUT2D eigenvalue weighted by Gasteiger charge is 2.45. The van der Waals surface area contributed by atoms with Crippen LogP contribution in [0, 0.1) is 5.92 Å². The molecule has 0 saturated carbocycles. The number of carbonyl (C=O) groups excluding carboxylic acids is 5. The molecule has 3 fully saturated rings. The summed E-state index contributed by atoms with van der Waals surface area (Å²) in [5.41, 5.74) is 6.36. The van der Waals surface area contributed by atoms with Gasteiger partial charge in [-0.15, -0.1) is 0 Å². The van der Waals surface area contributed by atoms with E-state index in [-0.39, 0.29) is 24.8 Å². The lowest BCUT2D eigenvalue weighted by Gasteiger charge is -2.37. The van der Waals surface area contributed by atoms with Crippen LogP contribution in [0.1, 0.15) is 59.2 Å². The number of hydrogen-bond donors (Lipinski definition) is 4. The van der Waals surface area contributed by atoms with Gasteiger partial charge in [0, 0.05) is 93.4 Å². The Hall–Kier alpha value is -7.11. The molecule has 9 rings (SSSR count). The third-order valence-electron chi connectivity index (χ3n) is 13.6. The molecule has 0 bridgehead atoms. The number of aryl methyl sites for hydroxylation is 1. The molecule has 3 aromatic carbocycles. The van der Waals surface area contributed by atoms with Crippen LogP contribution in [0.4, 0.5) is 28.7 Å². The number of nitrogens with zero attached hydrogens (tertiary/aromatic N) is 7. The molecule has 5 amide bonds. The molecule has 3 saturated heterocycles. The van der Waals surface area contributed by atoms with Crippen molar-refractivity contribution < 1.29 is 28.7 Å². The van der Waals surface area contributed by atoms with E-state index in [4.69, 9.17) is 9.72 Å². The van der Waals surface area contributed by atoms with Crippen molar-refractivity contribution in [3.8, 4) is 17.0 Å². The van der Waals surface area contributed by atoms with E-state index < -0.39 is 29.7 Å². The number of methoxy groups -OCH3 is 1. The molecule has 0 aliphatic carbocycles. The van der Waals surface area contributed by atoms with Crippen molar-refractivity contribution in [2.24, 2.45) is 13.0 Å². The smallest absolute Gasteiger partial charge is 0.262 e. The number of ether oxygens (including phenoxy) is 1. The summed E-state index contributed by atoms with van der Waals surface area (Å²) in [7, 11) is 5.65. The lowest BCUT2D eigenvalue weighted by molar-refractivity contribution is -0.136. The van der Waals surface area contributed by atoms with Gasteiger partial charge in [-0.2, -0.15) is 0 Å². The number of nitrogens with one attached hydrogen (secondary N) is 4. The predicted octanol–water partition coefficient (Wildman–Crippen LogP) is 5.32. The second kappa shape index (κ2) is 19.4. The minimum Gasteiger partial charge on any atom is -0.494 e. The van der Waals surface area contributed by atoms with Gasteiger partial charge in [-0.05, 0) is 100 Å². The van der Waals surface area contributed by atoms with E-state index in [0.29, 0.717) is 40.1 Å². The number of imide groups is 2. The third kappa shape index (κ3) is 9.47. The average molecular weight is 908 g/mol. The molecule has 17 heteroatoms. The first kappa shape index (κ1) is 45.1. The SMILES string of the molecule is C=CC(=O)Nc1cc(Nc2nccc(-c3cn(C)c4ccccc34)n2)c(OC)cc1N(C)CCN1CCC(CN[C@@H]2CCCN(c3ccc4c(c3)C(=O)N(C3CCC(=O)NC3=O)C4=O)C2)CC1. The van der Waals surface area contributed by atoms with E-state index in [1.54, 1.807) is 25.4 Å². The van der Waals surface area contributed by atoms with E-state index in [9.17, 15) is 24.0 Å². The number of para-hydroxylation sites is 1. The maximum absolute atomic E-state index is 13.5. The molecule has 2 atom stereocenters. The number of carbonyl (C=O) groups is 5. The Morgan fingerprint density at radius 3 is 2.55 bits per heavy atom. The normalized spacial score (nSPS) is 19.1. The topological polar surface area (TPSA) is 186 Å². The number of rotatable bonds is 15. The van der Waals surface area contributed by atoms with Crippen LogP contribution in [-0.2, 0) is 21.4 Å². The molecule has 4 aliphatic rings. The average Bonchev–Trinajstić information content (AvgIpc) is 3.81. The summed E-state index contributed by atoms with van der Waals surface area (Å²) in [5, 5.41) is 13.5. The van der Waals surface area contributed by atoms with Crippen molar-refractivity contribution in [3.63, 3.8) is 0 Å². The Morgan fingerprint density at radius 2 is 1.76 bits per heavy atom. The number of benzene rings is 3. The Kier molecular flexibility index (Phi) is 13.0. The van der Waals surface area contributed by atoms with E-state index in [1.807, 2.05) is 50.5 Å². The fourth-order valence-corrected chi connectivity index (χ4v) is 9.86. The Balaban J connectivity index is 0.778. The number of hydrogen-bond acceptors (Lipinski definition) is 13. The number of fused-ring (bicyclic) bond motifs is 2. The Morgan fingerprint density at radius 1 is 0.955 bits per heavy atom. The number of anilines is 5. The van der Waals surface area contributed by atoms with Crippen LogP contribution in [0.5, 0.6) is 5.75 Å². The van der Waals surface area contributed by atoms with E-state index >= 15 is 0 Å². The zero-order valence-electron chi connectivity index (χ0n) is 38.2. The molecule has 1 unspecified atom stereocenters. The number of amides is 5. The lowest BCUT2D eigenvalue weighted by Crippen LogP contribution is -2.54. The molecular formula is C50H57N11O6. The summed E-state index contributed by atoms with van der Waals surface area (Å²) in [6.45, 7) is 9.76. The highest BCUT2D eigenvalue weighted by Crippen LogP contribution is 2.39. The molecular weight excluding hydrogens is 851 g/mol. The molecule has 4 N–H and O–H groups in total. The zero-order chi connectivity index (χ0) is 46.8. The second-order valence-corrected chi connectivity index (χ2v) is 17.9. The summed E-state index contributed by atoms with van der Waals surface area (Å²) in [4.78, 5) is 80.9. The summed E-state index contributed by atoms with van der Waals surface area (Å²) < 4.78 is 7.96. The first-order chi connectivity index (χ1) is 32.5. The molecule has 6 heterocycles. The third-order valence-corrected chi connectivity index (χ3v) is 13.6. The van der Waals surface area contributed by atoms with Crippen molar-refractivity contribution in [3.05, 3.63) is 96.8 Å². The molecule has 348 valence electrons. The maximum atomic E-state index is 13.5. The molecule has 67 heavy (non-hydrogen) atoms. The van der Waals surface area contributed by atoms with Gasteiger partial charge in [0.1, 0.15) is 11.8 Å². The van der Waals surface area contributed by atoms with Crippen LogP contribution < -0.4 is 35.8 Å². The lowest BCUT2D eigenvalue weighted by atomic mass is 9.95. The van der Waals surface area contributed by atoms with Gasteiger partial charge in [0.05, 0.1) is 41.0 Å². The summed E-state index contributed by atoms with van der Waals surface area (Å²) in [5.74, 6) is -0.799. The number of piperidine rings is 3. The Labute approximate surface area is 389 Å². The fourth-order valence-electron chi connectivity index (χ4n) is 9.86. The minimum absolute atomic E-state index is 0.0859. The van der Waals surface area contributed by atoms with Crippen LogP contribution in [0.25, 0.3) is 22.2 Å². The van der Waals surface area contributed by atoms with Gasteiger partial charge in [-0.1, -0.05) is 24.8 Å². The first-order valence-corrected chi connectivity index (χ1v) is 23.0. The summed E-state index contributed by atoms with van der Waals surface area (Å²) >= 11 is 0. The fraction of sp³-hybridized carbons (Fsp3) is 0.380. The quantitative estimate of drug-likeness (QED) is 0.0783. The van der Waals surface area contributed by atoms with Crippen LogP contribution >= 0.6 is 0 Å². The van der Waals surface area contributed by atoms with Gasteiger partial charge in [-0.25, -0.2) is 9.97 Å². The summed E-state index contributed by atoms with van der Waals surface area (Å²) in [6, 6.07) is 18.5.